The predicted octanol–water partition coefficient (Wildman–Crippen LogP) is 5.64. The van der Waals surface area contributed by atoms with E-state index in [0.29, 0.717) is 17.1 Å². The van der Waals surface area contributed by atoms with Crippen molar-refractivity contribution in [2.24, 2.45) is 0 Å². The third-order valence-corrected chi connectivity index (χ3v) is 8.34. The molecule has 150 valence electrons. The highest BCUT2D eigenvalue weighted by Crippen LogP contribution is 2.66. The number of hydrogen-bond acceptors (Lipinski definition) is 7. The van der Waals surface area contributed by atoms with E-state index in [0.717, 1.165) is 16.9 Å². The highest BCUT2D eigenvalue weighted by molar-refractivity contribution is 8.55. The molecular formula is C20H23O6PS. The van der Waals surface area contributed by atoms with Crippen molar-refractivity contribution in [1.82, 2.24) is 0 Å². The minimum Gasteiger partial charge on any atom is -0.454 e. The molecule has 0 saturated heterocycles. The van der Waals surface area contributed by atoms with Gasteiger partial charge in [-0.3, -0.25) is 4.79 Å². The fourth-order valence-electron chi connectivity index (χ4n) is 2.81. The molecule has 0 N–H and O–H groups in total. The van der Waals surface area contributed by atoms with E-state index in [-0.39, 0.29) is 32.2 Å². The van der Waals surface area contributed by atoms with Gasteiger partial charge in [-0.05, 0) is 42.9 Å². The lowest BCUT2D eigenvalue weighted by molar-refractivity contribution is 0.0982. The van der Waals surface area contributed by atoms with Gasteiger partial charge in [0.1, 0.15) is 0 Å². The van der Waals surface area contributed by atoms with Gasteiger partial charge in [-0.15, -0.1) is 0 Å². The fourth-order valence-corrected chi connectivity index (χ4v) is 6.97. The summed E-state index contributed by atoms with van der Waals surface area (Å²) < 4.78 is 34.8. The molecular weight excluding hydrogens is 399 g/mol. The Labute approximate surface area is 168 Å². The van der Waals surface area contributed by atoms with Gasteiger partial charge in [0.2, 0.25) is 6.79 Å². The van der Waals surface area contributed by atoms with Crippen molar-refractivity contribution in [3.8, 4) is 11.5 Å². The van der Waals surface area contributed by atoms with E-state index in [1.165, 1.54) is 0 Å². The smallest absolute Gasteiger partial charge is 0.389 e. The summed E-state index contributed by atoms with van der Waals surface area (Å²) in [5.41, 5.74) is 1.41. The highest BCUT2D eigenvalue weighted by Gasteiger charge is 2.33. The lowest BCUT2D eigenvalue weighted by Crippen LogP contribution is -2.06. The fraction of sp³-hybridized carbons (Fsp3) is 0.350. The zero-order chi connectivity index (χ0) is 20.0. The molecule has 0 bridgehead atoms. The predicted molar refractivity (Wildman–Crippen MR) is 109 cm³/mol. The van der Waals surface area contributed by atoms with Gasteiger partial charge in [0.15, 0.2) is 17.3 Å². The third-order valence-electron chi connectivity index (χ3n) is 4.07. The Bertz CT molecular complexity index is 847. The summed E-state index contributed by atoms with van der Waals surface area (Å²) in [4.78, 5) is 12.8. The van der Waals surface area contributed by atoms with Crippen LogP contribution in [0.5, 0.6) is 11.5 Å². The first-order valence-electron chi connectivity index (χ1n) is 9.10. The number of ether oxygens (including phenoxy) is 2. The average molecular weight is 422 g/mol. The Morgan fingerprint density at radius 1 is 1.07 bits per heavy atom. The van der Waals surface area contributed by atoms with Gasteiger partial charge in [-0.1, -0.05) is 36.4 Å². The summed E-state index contributed by atoms with van der Waals surface area (Å²) in [5.74, 6) is 1.22. The zero-order valence-electron chi connectivity index (χ0n) is 15.8. The topological polar surface area (TPSA) is 71.1 Å². The number of carbonyl (C=O) groups is 1. The molecule has 2 aromatic rings. The van der Waals surface area contributed by atoms with Crippen LogP contribution in [-0.4, -0.2) is 25.8 Å². The molecule has 8 heteroatoms. The molecule has 0 spiro atoms. The normalized spacial score (nSPS) is 14.1. The lowest BCUT2D eigenvalue weighted by atomic mass is 10.0. The van der Waals surface area contributed by atoms with Crippen molar-refractivity contribution in [1.29, 1.82) is 0 Å². The maximum absolute atomic E-state index is 13.1. The first-order valence-corrected chi connectivity index (χ1v) is 12.1. The molecule has 1 heterocycles. The van der Waals surface area contributed by atoms with E-state index in [4.69, 9.17) is 18.5 Å². The van der Waals surface area contributed by atoms with E-state index in [1.54, 1.807) is 32.0 Å². The Balaban J connectivity index is 1.89. The van der Waals surface area contributed by atoms with Crippen molar-refractivity contribution < 1.29 is 27.9 Å². The molecule has 1 aliphatic heterocycles. The van der Waals surface area contributed by atoms with Crippen LogP contribution in [0, 0.1) is 0 Å². The summed E-state index contributed by atoms with van der Waals surface area (Å²) in [6, 6.07) is 14.5. The SMILES string of the molecule is CCOP(=O)(OCC)S[C@H](CC(=O)c1ccccc1)c1ccc2c(c1)OCO2. The van der Waals surface area contributed by atoms with Crippen LogP contribution in [-0.2, 0) is 13.6 Å². The lowest BCUT2D eigenvalue weighted by Gasteiger charge is -2.22. The Morgan fingerprint density at radius 3 is 2.43 bits per heavy atom. The molecule has 0 fully saturated rings. The second-order valence-electron chi connectivity index (χ2n) is 5.98. The second kappa shape index (κ2) is 9.61. The van der Waals surface area contributed by atoms with Gasteiger partial charge in [-0.2, -0.15) is 0 Å². The molecule has 2 aromatic carbocycles. The van der Waals surface area contributed by atoms with Gasteiger partial charge in [0.05, 0.1) is 13.2 Å². The van der Waals surface area contributed by atoms with Gasteiger partial charge >= 0.3 is 6.80 Å². The maximum atomic E-state index is 13.1. The van der Waals surface area contributed by atoms with Gasteiger partial charge < -0.3 is 18.5 Å². The minimum absolute atomic E-state index is 0.0460. The molecule has 0 saturated carbocycles. The number of fused-ring (bicyclic) bond motifs is 1. The van der Waals surface area contributed by atoms with E-state index in [1.807, 2.05) is 30.3 Å². The van der Waals surface area contributed by atoms with Gasteiger partial charge in [0, 0.05) is 17.2 Å². The molecule has 3 rings (SSSR count). The molecule has 0 aliphatic carbocycles. The number of Topliss-reactive ketones (excluding diaryl/α,β-unsaturated/α-hetero) is 1. The van der Waals surface area contributed by atoms with Gasteiger partial charge in [0.25, 0.3) is 0 Å². The van der Waals surface area contributed by atoms with Crippen LogP contribution >= 0.6 is 18.2 Å². The minimum atomic E-state index is -3.42. The van der Waals surface area contributed by atoms with Crippen LogP contribution in [0.15, 0.2) is 48.5 Å². The highest BCUT2D eigenvalue weighted by atomic mass is 32.7. The molecule has 0 radical (unpaired) electrons. The Hall–Kier alpha value is -1.79. The molecule has 28 heavy (non-hydrogen) atoms. The van der Waals surface area contributed by atoms with E-state index in [2.05, 4.69) is 0 Å². The monoisotopic (exact) mass is 422 g/mol. The summed E-state index contributed by atoms with van der Waals surface area (Å²) in [5, 5.41) is -0.425. The second-order valence-corrected chi connectivity index (χ2v) is 10.1. The summed E-state index contributed by atoms with van der Waals surface area (Å²) in [6.07, 6.45) is 0.151. The quantitative estimate of drug-likeness (QED) is 0.362. The van der Waals surface area contributed by atoms with Gasteiger partial charge in [-0.25, -0.2) is 4.57 Å². The molecule has 0 unspecified atom stereocenters. The number of ketones is 1. The van der Waals surface area contributed by atoms with Crippen molar-refractivity contribution in [2.75, 3.05) is 20.0 Å². The first-order chi connectivity index (χ1) is 13.5. The first kappa shape index (κ1) is 20.9. The largest absolute Gasteiger partial charge is 0.454 e. The van der Waals surface area contributed by atoms with Crippen molar-refractivity contribution >= 4 is 24.0 Å². The molecule has 1 atom stereocenters. The standard InChI is InChI=1S/C20H23O6PS/c1-3-25-27(22,26-4-2)28-20(13-17(21)15-8-6-5-7-9-15)16-10-11-18-19(12-16)24-14-23-18/h5-12,20H,3-4,13-14H2,1-2H3/t20-/m1/s1. The summed E-state index contributed by atoms with van der Waals surface area (Å²) >= 11 is 1.06. The van der Waals surface area contributed by atoms with Crippen LogP contribution in [0.2, 0.25) is 0 Å². The van der Waals surface area contributed by atoms with Crippen molar-refractivity contribution in [2.45, 2.75) is 25.5 Å². The number of benzene rings is 2. The summed E-state index contributed by atoms with van der Waals surface area (Å²) in [6.45, 7) is 0.778. The van der Waals surface area contributed by atoms with Crippen LogP contribution in [0.25, 0.3) is 0 Å². The van der Waals surface area contributed by atoms with Crippen LogP contribution in [0.3, 0.4) is 0 Å². The van der Waals surface area contributed by atoms with Crippen molar-refractivity contribution in [3.05, 3.63) is 59.7 Å². The van der Waals surface area contributed by atoms with E-state index >= 15 is 0 Å². The number of carbonyl (C=O) groups excluding carboxylic acids is 1. The third kappa shape index (κ3) is 5.17. The Kier molecular flexibility index (Phi) is 7.18. The van der Waals surface area contributed by atoms with Crippen molar-refractivity contribution in [3.63, 3.8) is 0 Å². The average Bonchev–Trinajstić information content (AvgIpc) is 3.16. The number of hydrogen-bond donors (Lipinski definition) is 0. The molecule has 0 amide bonds. The molecule has 0 aromatic heterocycles. The molecule has 6 nitrogen and oxygen atoms in total. The van der Waals surface area contributed by atoms with Crippen LogP contribution < -0.4 is 9.47 Å². The molecule has 1 aliphatic rings. The van der Waals surface area contributed by atoms with E-state index < -0.39 is 12.0 Å². The van der Waals surface area contributed by atoms with Crippen LogP contribution in [0.4, 0.5) is 0 Å². The Morgan fingerprint density at radius 2 is 1.75 bits per heavy atom. The zero-order valence-corrected chi connectivity index (χ0v) is 17.5. The summed E-state index contributed by atoms with van der Waals surface area (Å²) in [7, 11) is 0. The maximum Gasteiger partial charge on any atom is 0.389 e. The number of rotatable bonds is 10. The van der Waals surface area contributed by atoms with Crippen LogP contribution in [0.1, 0.15) is 41.4 Å². The van der Waals surface area contributed by atoms with E-state index in [9.17, 15) is 9.36 Å².